The van der Waals surface area contributed by atoms with Gasteiger partial charge in [0.05, 0.1) is 34.4 Å². The Hall–Kier alpha value is -4.04. The first-order valence-corrected chi connectivity index (χ1v) is 11.2. The first-order valence-electron chi connectivity index (χ1n) is 11.2. The number of methoxy groups -OCH3 is 1. The summed E-state index contributed by atoms with van der Waals surface area (Å²) in [5.41, 5.74) is 6.40. The second-order valence-corrected chi connectivity index (χ2v) is 8.75. The predicted octanol–water partition coefficient (Wildman–Crippen LogP) is 2.79. The number of imidazole rings is 1. The van der Waals surface area contributed by atoms with Crippen LogP contribution in [0.4, 0.5) is 5.69 Å². The van der Waals surface area contributed by atoms with E-state index in [2.05, 4.69) is 21.3 Å². The summed E-state index contributed by atoms with van der Waals surface area (Å²) in [7, 11) is 1.71. The van der Waals surface area contributed by atoms with Gasteiger partial charge in [-0.1, -0.05) is 24.3 Å². The van der Waals surface area contributed by atoms with E-state index in [1.807, 2.05) is 48.0 Å². The molecule has 0 radical (unpaired) electrons. The number of carbonyl (C=O) groups excluding carboxylic acids is 2. The molecule has 3 aromatic rings. The fourth-order valence-corrected chi connectivity index (χ4v) is 5.12. The molecule has 8 nitrogen and oxygen atoms in total. The number of para-hydroxylation sites is 1. The van der Waals surface area contributed by atoms with Gasteiger partial charge in [-0.15, -0.1) is 0 Å². The number of aryl methyl sites for hydroxylation is 1. The van der Waals surface area contributed by atoms with E-state index in [0.717, 1.165) is 29.7 Å². The van der Waals surface area contributed by atoms with E-state index in [4.69, 9.17) is 9.73 Å². The number of pyridine rings is 1. The average molecular weight is 454 g/mol. The number of aliphatic imine (C=N–C) groups is 1. The molecule has 0 bridgehead atoms. The molecule has 3 aliphatic heterocycles. The zero-order valence-corrected chi connectivity index (χ0v) is 18.9. The molecule has 0 saturated heterocycles. The van der Waals surface area contributed by atoms with E-state index in [0.29, 0.717) is 23.7 Å². The van der Waals surface area contributed by atoms with Gasteiger partial charge < -0.3 is 9.64 Å². The van der Waals surface area contributed by atoms with Crippen molar-refractivity contribution in [1.82, 2.24) is 14.7 Å². The van der Waals surface area contributed by atoms with Gasteiger partial charge in [0, 0.05) is 43.9 Å². The lowest BCUT2D eigenvalue weighted by Crippen LogP contribution is -2.28. The van der Waals surface area contributed by atoms with E-state index >= 15 is 0 Å². The number of rotatable bonds is 5. The van der Waals surface area contributed by atoms with Crippen molar-refractivity contribution in [3.05, 3.63) is 83.1 Å². The molecule has 3 aliphatic rings. The Balaban J connectivity index is 1.54. The third-order valence-corrected chi connectivity index (χ3v) is 6.65. The summed E-state index contributed by atoms with van der Waals surface area (Å²) in [5.74, 6) is -0.892. The highest BCUT2D eigenvalue weighted by atomic mass is 16.5. The highest BCUT2D eigenvalue weighted by Gasteiger charge is 2.39. The number of ether oxygens (including phenoxy) is 1. The summed E-state index contributed by atoms with van der Waals surface area (Å²) in [6.07, 6.45) is 8.97. The van der Waals surface area contributed by atoms with Crippen LogP contribution in [0, 0.1) is 6.92 Å². The van der Waals surface area contributed by atoms with Gasteiger partial charge in [0.1, 0.15) is 5.65 Å². The SMILES string of the molecule is COCCC1Cc2cccc3c2N1C=CN=C3C1=C(c2cnc3ccc(C)cn23)C(=O)NC1=O. The van der Waals surface area contributed by atoms with Crippen molar-refractivity contribution in [2.45, 2.75) is 25.8 Å². The molecule has 8 heteroatoms. The zero-order valence-electron chi connectivity index (χ0n) is 18.9. The van der Waals surface area contributed by atoms with Crippen molar-refractivity contribution in [2.75, 3.05) is 18.6 Å². The third-order valence-electron chi connectivity index (χ3n) is 6.65. The van der Waals surface area contributed by atoms with E-state index < -0.39 is 11.8 Å². The molecular formula is C26H23N5O3. The minimum absolute atomic E-state index is 0.246. The minimum Gasteiger partial charge on any atom is -0.385 e. The largest absolute Gasteiger partial charge is 0.385 e. The van der Waals surface area contributed by atoms with Crippen LogP contribution in [0.15, 0.2) is 65.7 Å². The lowest BCUT2D eigenvalue weighted by Gasteiger charge is -2.24. The second kappa shape index (κ2) is 7.78. The Morgan fingerprint density at radius 3 is 2.85 bits per heavy atom. The maximum Gasteiger partial charge on any atom is 0.261 e. The lowest BCUT2D eigenvalue weighted by molar-refractivity contribution is -0.123. The Bertz CT molecular complexity index is 1460. The molecule has 34 heavy (non-hydrogen) atoms. The molecule has 1 unspecified atom stereocenters. The number of fused-ring (bicyclic) bond motifs is 1. The van der Waals surface area contributed by atoms with Crippen LogP contribution in [0.3, 0.4) is 0 Å². The van der Waals surface area contributed by atoms with Crippen molar-refractivity contribution >= 4 is 34.4 Å². The molecule has 6 rings (SSSR count). The fourth-order valence-electron chi connectivity index (χ4n) is 5.12. The molecule has 0 spiro atoms. The van der Waals surface area contributed by atoms with Gasteiger partial charge in [-0.25, -0.2) is 4.98 Å². The van der Waals surface area contributed by atoms with Crippen LogP contribution in [-0.2, 0) is 20.7 Å². The summed E-state index contributed by atoms with van der Waals surface area (Å²) in [5, 5.41) is 2.48. The molecule has 1 atom stereocenters. The maximum atomic E-state index is 13.1. The lowest BCUT2D eigenvalue weighted by atomic mass is 9.94. The number of anilines is 1. The second-order valence-electron chi connectivity index (χ2n) is 8.75. The van der Waals surface area contributed by atoms with Gasteiger partial charge >= 0.3 is 0 Å². The van der Waals surface area contributed by atoms with Crippen LogP contribution in [0.5, 0.6) is 0 Å². The highest BCUT2D eigenvalue weighted by molar-refractivity contribution is 6.47. The molecule has 0 fully saturated rings. The van der Waals surface area contributed by atoms with Gasteiger partial charge in [0.2, 0.25) is 0 Å². The van der Waals surface area contributed by atoms with Gasteiger partial charge in [-0.2, -0.15) is 0 Å². The number of aromatic nitrogens is 2. The summed E-state index contributed by atoms with van der Waals surface area (Å²) in [6.45, 7) is 2.63. The maximum absolute atomic E-state index is 13.1. The summed E-state index contributed by atoms with van der Waals surface area (Å²) in [4.78, 5) is 37.5. The molecular weight excluding hydrogens is 430 g/mol. The number of hydrogen-bond acceptors (Lipinski definition) is 6. The van der Waals surface area contributed by atoms with E-state index in [9.17, 15) is 9.59 Å². The number of hydrogen-bond donors (Lipinski definition) is 1. The number of carbonyl (C=O) groups is 2. The van der Waals surface area contributed by atoms with Crippen LogP contribution < -0.4 is 10.2 Å². The summed E-state index contributed by atoms with van der Waals surface area (Å²) >= 11 is 0. The third kappa shape index (κ3) is 3.03. The van der Waals surface area contributed by atoms with Crippen LogP contribution in [0.25, 0.3) is 11.2 Å². The van der Waals surface area contributed by atoms with Crippen molar-refractivity contribution in [2.24, 2.45) is 4.99 Å². The Morgan fingerprint density at radius 2 is 2.00 bits per heavy atom. The summed E-state index contributed by atoms with van der Waals surface area (Å²) in [6, 6.07) is 10.2. The first-order chi connectivity index (χ1) is 16.6. The average Bonchev–Trinajstić information content (AvgIpc) is 3.43. The van der Waals surface area contributed by atoms with Crippen molar-refractivity contribution in [3.63, 3.8) is 0 Å². The van der Waals surface area contributed by atoms with Crippen molar-refractivity contribution in [3.8, 4) is 0 Å². The fraction of sp³-hybridized carbons (Fsp3) is 0.231. The number of amides is 2. The zero-order chi connectivity index (χ0) is 23.4. The highest BCUT2D eigenvalue weighted by Crippen LogP contribution is 2.40. The van der Waals surface area contributed by atoms with E-state index in [1.54, 1.807) is 19.5 Å². The van der Waals surface area contributed by atoms with E-state index in [-0.39, 0.29) is 17.2 Å². The Kier molecular flexibility index (Phi) is 4.70. The van der Waals surface area contributed by atoms with Gasteiger partial charge in [0.25, 0.3) is 11.8 Å². The van der Waals surface area contributed by atoms with Gasteiger partial charge in [-0.05, 0) is 37.0 Å². The molecule has 1 N–H and O–H groups in total. The van der Waals surface area contributed by atoms with E-state index in [1.165, 1.54) is 5.56 Å². The topological polar surface area (TPSA) is 88.3 Å². The molecule has 2 amide bonds. The van der Waals surface area contributed by atoms with Crippen LogP contribution >= 0.6 is 0 Å². The monoisotopic (exact) mass is 453 g/mol. The summed E-state index contributed by atoms with van der Waals surface area (Å²) < 4.78 is 7.16. The van der Waals surface area contributed by atoms with Crippen molar-refractivity contribution in [1.29, 1.82) is 0 Å². The predicted molar refractivity (Wildman–Crippen MR) is 129 cm³/mol. The number of benzene rings is 1. The quantitative estimate of drug-likeness (QED) is 0.601. The molecule has 170 valence electrons. The molecule has 0 aliphatic carbocycles. The Morgan fingerprint density at radius 1 is 1.15 bits per heavy atom. The van der Waals surface area contributed by atoms with Gasteiger partial charge in [-0.3, -0.25) is 24.3 Å². The first kappa shape index (κ1) is 20.6. The van der Waals surface area contributed by atoms with Gasteiger partial charge in [0.15, 0.2) is 0 Å². The molecule has 0 saturated carbocycles. The molecule has 5 heterocycles. The minimum atomic E-state index is -0.449. The molecule has 1 aromatic carbocycles. The molecule has 2 aromatic heterocycles. The Labute approximate surface area is 196 Å². The van der Waals surface area contributed by atoms with Crippen LogP contribution in [0.2, 0.25) is 0 Å². The van der Waals surface area contributed by atoms with Crippen LogP contribution in [-0.4, -0.2) is 46.7 Å². The number of imide groups is 1. The number of nitrogens with one attached hydrogen (secondary N) is 1. The van der Waals surface area contributed by atoms with Crippen LogP contribution in [0.1, 0.15) is 28.8 Å². The smallest absolute Gasteiger partial charge is 0.261 e. The van der Waals surface area contributed by atoms with Crippen molar-refractivity contribution < 1.29 is 14.3 Å². The standard InChI is InChI=1S/C26H23N5O3/c1-15-6-7-20-28-13-19(31(20)14-15)21-22(26(33)29-25(21)32)23-18-5-3-4-16-12-17(8-11-34-2)30(24(16)18)10-9-27-23/h3-7,9-10,13-14,17H,8,11-12H2,1-2H3,(H,29,32,33). The normalized spacial score (nSPS) is 19.1. The number of nitrogens with zero attached hydrogens (tertiary/aromatic N) is 4.